The molecule has 1 unspecified atom stereocenters. The molecule has 0 saturated carbocycles. The van der Waals surface area contributed by atoms with Crippen LogP contribution in [0.1, 0.15) is 26.7 Å². The summed E-state index contributed by atoms with van der Waals surface area (Å²) in [5, 5.41) is 11.8. The number of nitrogens with one attached hydrogen (secondary N) is 2. The maximum Gasteiger partial charge on any atom is 0.326 e. The SMILES string of the molecule is CCCNS(=O)(=O)c1ccccc1NC(CC)C(=O)O. The fraction of sp³-hybridized carbons (Fsp3) is 0.462. The van der Waals surface area contributed by atoms with Crippen molar-refractivity contribution in [2.45, 2.75) is 37.6 Å². The number of para-hydroxylation sites is 1. The molecule has 3 N–H and O–H groups in total. The van der Waals surface area contributed by atoms with Crippen LogP contribution in [0.2, 0.25) is 0 Å². The van der Waals surface area contributed by atoms with Crippen molar-refractivity contribution in [3.8, 4) is 0 Å². The smallest absolute Gasteiger partial charge is 0.326 e. The number of hydrogen-bond acceptors (Lipinski definition) is 4. The molecule has 0 saturated heterocycles. The Balaban J connectivity index is 3.08. The highest BCUT2D eigenvalue weighted by molar-refractivity contribution is 7.89. The average molecular weight is 300 g/mol. The molecule has 1 rings (SSSR count). The van der Waals surface area contributed by atoms with Gasteiger partial charge in [0.1, 0.15) is 10.9 Å². The van der Waals surface area contributed by atoms with Crippen LogP contribution in [-0.4, -0.2) is 32.1 Å². The molecule has 0 radical (unpaired) electrons. The van der Waals surface area contributed by atoms with Crippen LogP contribution in [0.4, 0.5) is 5.69 Å². The second kappa shape index (κ2) is 7.25. The quantitative estimate of drug-likeness (QED) is 0.678. The molecule has 0 aromatic heterocycles. The van der Waals surface area contributed by atoms with Crippen molar-refractivity contribution in [1.82, 2.24) is 4.72 Å². The van der Waals surface area contributed by atoms with Gasteiger partial charge < -0.3 is 10.4 Å². The van der Waals surface area contributed by atoms with Gasteiger partial charge in [-0.1, -0.05) is 26.0 Å². The lowest BCUT2D eigenvalue weighted by Gasteiger charge is -2.17. The minimum absolute atomic E-state index is 0.0631. The van der Waals surface area contributed by atoms with Gasteiger partial charge in [0.15, 0.2) is 0 Å². The predicted octanol–water partition coefficient (Wildman–Crippen LogP) is 1.65. The topological polar surface area (TPSA) is 95.5 Å². The first-order valence-corrected chi connectivity index (χ1v) is 7.98. The summed E-state index contributed by atoms with van der Waals surface area (Å²) in [6.07, 6.45) is 1.04. The van der Waals surface area contributed by atoms with E-state index >= 15 is 0 Å². The minimum Gasteiger partial charge on any atom is -0.480 e. The lowest BCUT2D eigenvalue weighted by atomic mass is 10.2. The number of benzene rings is 1. The lowest BCUT2D eigenvalue weighted by molar-refractivity contribution is -0.137. The number of carboxylic acid groups (broad SMARTS) is 1. The Labute approximate surface area is 119 Å². The number of hydrogen-bond donors (Lipinski definition) is 3. The molecular weight excluding hydrogens is 280 g/mol. The van der Waals surface area contributed by atoms with E-state index in [-0.39, 0.29) is 4.90 Å². The summed E-state index contributed by atoms with van der Waals surface area (Å²) in [4.78, 5) is 11.1. The molecule has 0 bridgehead atoms. The Morgan fingerprint density at radius 3 is 2.50 bits per heavy atom. The van der Waals surface area contributed by atoms with Gasteiger partial charge in [0.25, 0.3) is 0 Å². The van der Waals surface area contributed by atoms with Gasteiger partial charge in [-0.15, -0.1) is 0 Å². The highest BCUT2D eigenvalue weighted by Gasteiger charge is 2.21. The van der Waals surface area contributed by atoms with Crippen LogP contribution < -0.4 is 10.0 Å². The first-order chi connectivity index (χ1) is 9.42. The van der Waals surface area contributed by atoms with E-state index in [1.54, 1.807) is 25.1 Å². The zero-order chi connectivity index (χ0) is 15.2. The number of sulfonamides is 1. The molecule has 6 nitrogen and oxygen atoms in total. The maximum absolute atomic E-state index is 12.2. The molecule has 0 aliphatic carbocycles. The summed E-state index contributed by atoms with van der Waals surface area (Å²) in [7, 11) is -3.64. The molecule has 112 valence electrons. The van der Waals surface area contributed by atoms with Gasteiger partial charge >= 0.3 is 5.97 Å². The van der Waals surface area contributed by atoms with Crippen molar-refractivity contribution in [1.29, 1.82) is 0 Å². The highest BCUT2D eigenvalue weighted by Crippen LogP contribution is 2.22. The molecule has 0 aliphatic heterocycles. The van der Waals surface area contributed by atoms with Crippen molar-refractivity contribution in [2.75, 3.05) is 11.9 Å². The van der Waals surface area contributed by atoms with E-state index in [2.05, 4.69) is 10.0 Å². The number of carboxylic acids is 1. The zero-order valence-electron chi connectivity index (χ0n) is 11.6. The summed E-state index contributed by atoms with van der Waals surface area (Å²) in [6, 6.07) is 5.46. The largest absolute Gasteiger partial charge is 0.480 e. The zero-order valence-corrected chi connectivity index (χ0v) is 12.4. The summed E-state index contributed by atoms with van der Waals surface area (Å²) in [5.41, 5.74) is 0.297. The fourth-order valence-corrected chi connectivity index (χ4v) is 2.96. The molecule has 20 heavy (non-hydrogen) atoms. The third-order valence-electron chi connectivity index (χ3n) is 2.75. The highest BCUT2D eigenvalue weighted by atomic mass is 32.2. The summed E-state index contributed by atoms with van der Waals surface area (Å²) in [5.74, 6) is -1.01. The standard InChI is InChI=1S/C13H20N2O4S/c1-3-9-14-20(18,19)12-8-6-5-7-11(12)15-10(4-2)13(16)17/h5-8,10,14-15H,3-4,9H2,1-2H3,(H,16,17). The van der Waals surface area contributed by atoms with Gasteiger partial charge in [-0.3, -0.25) is 0 Å². The Morgan fingerprint density at radius 1 is 1.30 bits per heavy atom. The first-order valence-electron chi connectivity index (χ1n) is 6.50. The molecule has 0 spiro atoms. The normalized spacial score (nSPS) is 12.9. The Kier molecular flexibility index (Phi) is 5.97. The van der Waals surface area contributed by atoms with E-state index in [1.807, 2.05) is 6.92 Å². The fourth-order valence-electron chi connectivity index (χ4n) is 1.66. The number of anilines is 1. The third kappa shape index (κ3) is 4.21. The lowest BCUT2D eigenvalue weighted by Crippen LogP contribution is -2.30. The van der Waals surface area contributed by atoms with E-state index < -0.39 is 22.0 Å². The Hall–Kier alpha value is -1.60. The van der Waals surface area contributed by atoms with Crippen LogP contribution in [0, 0.1) is 0 Å². The van der Waals surface area contributed by atoms with Crippen LogP contribution >= 0.6 is 0 Å². The first kappa shape index (κ1) is 16.5. The average Bonchev–Trinajstić information content (AvgIpc) is 2.42. The molecular formula is C13H20N2O4S. The van der Waals surface area contributed by atoms with E-state index in [0.29, 0.717) is 25.1 Å². The summed E-state index contributed by atoms with van der Waals surface area (Å²) < 4.78 is 26.8. The molecule has 0 fully saturated rings. The summed E-state index contributed by atoms with van der Waals surface area (Å²) in [6.45, 7) is 3.93. The number of aliphatic carboxylic acids is 1. The summed E-state index contributed by atoms with van der Waals surface area (Å²) >= 11 is 0. The minimum atomic E-state index is -3.64. The van der Waals surface area contributed by atoms with Crippen LogP contribution in [0.3, 0.4) is 0 Å². The van der Waals surface area contributed by atoms with Gasteiger partial charge in [0.2, 0.25) is 10.0 Å². The van der Waals surface area contributed by atoms with Crippen LogP contribution in [0.5, 0.6) is 0 Å². The Morgan fingerprint density at radius 2 is 1.95 bits per heavy atom. The van der Waals surface area contributed by atoms with Crippen molar-refractivity contribution in [3.05, 3.63) is 24.3 Å². The molecule has 0 heterocycles. The van der Waals surface area contributed by atoms with Crippen LogP contribution in [0.15, 0.2) is 29.2 Å². The van der Waals surface area contributed by atoms with E-state index in [0.717, 1.165) is 0 Å². The van der Waals surface area contributed by atoms with Crippen LogP contribution in [0.25, 0.3) is 0 Å². The van der Waals surface area contributed by atoms with Crippen molar-refractivity contribution >= 4 is 21.7 Å². The van der Waals surface area contributed by atoms with Crippen molar-refractivity contribution in [3.63, 3.8) is 0 Å². The second-order valence-electron chi connectivity index (χ2n) is 4.34. The molecule has 1 atom stereocenters. The second-order valence-corrected chi connectivity index (χ2v) is 6.07. The number of carbonyl (C=O) groups is 1. The van der Waals surface area contributed by atoms with Gasteiger partial charge in [-0.25, -0.2) is 17.9 Å². The van der Waals surface area contributed by atoms with E-state index in [9.17, 15) is 13.2 Å². The third-order valence-corrected chi connectivity index (χ3v) is 4.27. The van der Waals surface area contributed by atoms with Crippen molar-refractivity contribution < 1.29 is 18.3 Å². The monoisotopic (exact) mass is 300 g/mol. The maximum atomic E-state index is 12.2. The predicted molar refractivity (Wildman–Crippen MR) is 77.3 cm³/mol. The van der Waals surface area contributed by atoms with Gasteiger partial charge in [-0.2, -0.15) is 0 Å². The van der Waals surface area contributed by atoms with Gasteiger partial charge in [-0.05, 0) is 25.0 Å². The van der Waals surface area contributed by atoms with E-state index in [1.165, 1.54) is 6.07 Å². The molecule has 0 amide bonds. The molecule has 1 aromatic carbocycles. The number of rotatable bonds is 8. The van der Waals surface area contributed by atoms with Gasteiger partial charge in [0, 0.05) is 6.54 Å². The van der Waals surface area contributed by atoms with Crippen molar-refractivity contribution in [2.24, 2.45) is 0 Å². The molecule has 0 aliphatic rings. The Bertz CT molecular complexity index is 557. The molecule has 1 aromatic rings. The van der Waals surface area contributed by atoms with Crippen LogP contribution in [-0.2, 0) is 14.8 Å². The van der Waals surface area contributed by atoms with Gasteiger partial charge in [0.05, 0.1) is 5.69 Å². The molecule has 7 heteroatoms. The van der Waals surface area contributed by atoms with E-state index in [4.69, 9.17) is 5.11 Å².